The Balaban J connectivity index is 1.26. The smallest absolute Gasteiger partial charge is 0.338 e. The molecule has 1 aromatic heterocycles. The number of hydrogen-bond donors (Lipinski definition) is 3. The van der Waals surface area contributed by atoms with Gasteiger partial charge in [0.2, 0.25) is 21.8 Å². The quantitative estimate of drug-likeness (QED) is 0.150. The summed E-state index contributed by atoms with van der Waals surface area (Å²) in [5, 5.41) is 7.39. The van der Waals surface area contributed by atoms with Crippen molar-refractivity contribution in [3.05, 3.63) is 92.4 Å². The van der Waals surface area contributed by atoms with Crippen LogP contribution < -0.4 is 29.7 Å². The number of anilines is 2. The third kappa shape index (κ3) is 6.89. The standard InChI is InChI=1S/C33H30N4O10S3/c1-3-45-23-15-18(7-14-22(23)47-16-24(38)35-19-8-12-21(13-9-19)50(34,43)44)25-26-28(48-29-27(25)49-33(42)36-29)31(40)37(30(26)39)20-10-5-17(6-11-20)32(41)46-4-2/h5-15,25-26,28H,3-4,16H2,1-2H3,(H,35,38)(H,36,42)(H2,34,43,44)/t25-,26?,28?/m1/s1. The maximum Gasteiger partial charge on any atom is 0.338 e. The van der Waals surface area contributed by atoms with E-state index in [0.717, 1.165) is 28.0 Å². The van der Waals surface area contributed by atoms with Crippen molar-refractivity contribution in [2.45, 2.75) is 34.9 Å². The molecule has 3 amide bonds. The molecule has 0 radical (unpaired) electrons. The molecule has 2 aliphatic rings. The van der Waals surface area contributed by atoms with Gasteiger partial charge < -0.3 is 24.5 Å². The number of aromatic amines is 1. The van der Waals surface area contributed by atoms with Gasteiger partial charge in [-0.1, -0.05) is 29.2 Å². The van der Waals surface area contributed by atoms with Gasteiger partial charge >= 0.3 is 10.8 Å². The number of carbonyl (C=O) groups excluding carboxylic acids is 4. The highest BCUT2D eigenvalue weighted by Gasteiger charge is 2.56. The normalized spacial score (nSPS) is 18.3. The van der Waals surface area contributed by atoms with E-state index in [-0.39, 0.29) is 40.0 Å². The number of aromatic nitrogens is 1. The van der Waals surface area contributed by atoms with Gasteiger partial charge in [0.05, 0.1) is 40.3 Å². The molecule has 4 aromatic rings. The van der Waals surface area contributed by atoms with Crippen LogP contribution in [0.25, 0.3) is 0 Å². The molecule has 2 aliphatic heterocycles. The Morgan fingerprint density at radius 3 is 2.30 bits per heavy atom. The molecule has 6 rings (SSSR count). The van der Waals surface area contributed by atoms with Crippen LogP contribution in [0.1, 0.15) is 40.6 Å². The molecule has 50 heavy (non-hydrogen) atoms. The van der Waals surface area contributed by atoms with Crippen LogP contribution in [0.5, 0.6) is 11.5 Å². The average molecular weight is 739 g/mol. The van der Waals surface area contributed by atoms with Crippen molar-refractivity contribution in [3.8, 4) is 11.5 Å². The summed E-state index contributed by atoms with van der Waals surface area (Å²) >= 11 is 2.10. The first-order valence-corrected chi connectivity index (χ1v) is 18.5. The molecule has 0 bridgehead atoms. The minimum absolute atomic E-state index is 0.101. The molecular weight excluding hydrogens is 709 g/mol. The van der Waals surface area contributed by atoms with Crippen molar-refractivity contribution < 1.29 is 41.8 Å². The topological polar surface area (TPSA) is 204 Å². The summed E-state index contributed by atoms with van der Waals surface area (Å²) in [5.41, 5.74) is 1.50. The molecule has 260 valence electrons. The Hall–Kier alpha value is -4.97. The molecule has 17 heteroatoms. The van der Waals surface area contributed by atoms with E-state index in [4.69, 9.17) is 19.3 Å². The number of carbonyl (C=O) groups is 4. The SMILES string of the molecule is CCOC(=O)c1ccc(N2C(=O)C3Sc4[nH]c(=O)sc4[C@H](c4ccc(OCC(=O)Nc5ccc(S(N)(=O)=O)cc5)c(OCC)c4)C3C2=O)cc1. The zero-order chi connectivity index (χ0) is 35.7. The Morgan fingerprint density at radius 2 is 1.64 bits per heavy atom. The molecule has 0 spiro atoms. The maximum atomic E-state index is 14.1. The van der Waals surface area contributed by atoms with E-state index in [1.54, 1.807) is 32.0 Å². The van der Waals surface area contributed by atoms with Crippen LogP contribution in [0.15, 0.2) is 81.4 Å². The van der Waals surface area contributed by atoms with Gasteiger partial charge in [0.25, 0.3) is 5.91 Å². The van der Waals surface area contributed by atoms with Gasteiger partial charge in [-0.15, -0.1) is 0 Å². The lowest BCUT2D eigenvalue weighted by Gasteiger charge is -2.30. The Morgan fingerprint density at radius 1 is 0.920 bits per heavy atom. The highest BCUT2D eigenvalue weighted by Crippen LogP contribution is 2.53. The first-order chi connectivity index (χ1) is 23.9. The maximum absolute atomic E-state index is 14.1. The summed E-state index contributed by atoms with van der Waals surface area (Å²) in [5.74, 6) is -3.02. The minimum Gasteiger partial charge on any atom is -0.490 e. The van der Waals surface area contributed by atoms with Gasteiger partial charge in [-0.2, -0.15) is 0 Å². The van der Waals surface area contributed by atoms with Crippen LogP contribution >= 0.6 is 23.1 Å². The number of imide groups is 1. The van der Waals surface area contributed by atoms with Gasteiger partial charge in [0, 0.05) is 16.5 Å². The number of amides is 3. The number of esters is 1. The van der Waals surface area contributed by atoms with Crippen LogP contribution in [-0.2, 0) is 29.1 Å². The third-order valence-corrected chi connectivity index (χ3v) is 11.2. The number of ether oxygens (including phenoxy) is 3. The van der Waals surface area contributed by atoms with E-state index in [0.29, 0.717) is 26.8 Å². The fourth-order valence-corrected chi connectivity index (χ4v) is 8.80. The molecule has 0 aliphatic carbocycles. The predicted molar refractivity (Wildman–Crippen MR) is 184 cm³/mol. The zero-order valence-corrected chi connectivity index (χ0v) is 29.0. The molecule has 14 nitrogen and oxygen atoms in total. The minimum atomic E-state index is -3.88. The zero-order valence-electron chi connectivity index (χ0n) is 26.5. The van der Waals surface area contributed by atoms with E-state index in [9.17, 15) is 32.4 Å². The van der Waals surface area contributed by atoms with E-state index < -0.39 is 57.4 Å². The first kappa shape index (κ1) is 34.9. The van der Waals surface area contributed by atoms with Gasteiger partial charge in [0.15, 0.2) is 18.1 Å². The van der Waals surface area contributed by atoms with Crippen LogP contribution in [0.4, 0.5) is 11.4 Å². The second-order valence-electron chi connectivity index (χ2n) is 11.1. The highest BCUT2D eigenvalue weighted by atomic mass is 32.2. The highest BCUT2D eigenvalue weighted by molar-refractivity contribution is 8.00. The van der Waals surface area contributed by atoms with Crippen molar-refractivity contribution in [1.29, 1.82) is 0 Å². The van der Waals surface area contributed by atoms with Gasteiger partial charge in [-0.25, -0.2) is 23.3 Å². The first-order valence-electron chi connectivity index (χ1n) is 15.3. The van der Waals surface area contributed by atoms with Gasteiger partial charge in [0.1, 0.15) is 5.25 Å². The predicted octanol–water partition coefficient (Wildman–Crippen LogP) is 3.47. The van der Waals surface area contributed by atoms with Crippen LogP contribution in [0, 0.1) is 5.92 Å². The number of thiazole rings is 1. The number of rotatable bonds is 11. The number of benzene rings is 3. The summed E-state index contributed by atoms with van der Waals surface area (Å²) in [6, 6.07) is 16.3. The average Bonchev–Trinajstić information content (AvgIpc) is 3.58. The molecule has 3 heterocycles. The Bertz CT molecular complexity index is 2150. The summed E-state index contributed by atoms with van der Waals surface area (Å²) in [6.07, 6.45) is 0. The summed E-state index contributed by atoms with van der Waals surface area (Å²) in [7, 11) is -3.88. The van der Waals surface area contributed by atoms with E-state index >= 15 is 0 Å². The number of nitrogens with zero attached hydrogens (tertiary/aromatic N) is 1. The number of sulfonamides is 1. The lowest BCUT2D eigenvalue weighted by atomic mass is 9.83. The lowest BCUT2D eigenvalue weighted by molar-refractivity contribution is -0.122. The van der Waals surface area contributed by atoms with Crippen molar-refractivity contribution >= 4 is 68.2 Å². The fourth-order valence-electron chi connectivity index (χ4n) is 5.77. The third-order valence-electron chi connectivity index (χ3n) is 7.91. The lowest BCUT2D eigenvalue weighted by Crippen LogP contribution is -2.32. The monoisotopic (exact) mass is 738 g/mol. The molecular formula is C33H30N4O10S3. The summed E-state index contributed by atoms with van der Waals surface area (Å²) < 4.78 is 39.7. The molecule has 1 saturated heterocycles. The molecule has 3 atom stereocenters. The molecule has 3 aromatic carbocycles. The molecule has 4 N–H and O–H groups in total. The number of nitrogens with two attached hydrogens (primary N) is 1. The number of nitrogens with one attached hydrogen (secondary N) is 2. The summed E-state index contributed by atoms with van der Waals surface area (Å²) in [4.78, 5) is 69.4. The fraction of sp³-hybridized carbons (Fsp3) is 0.242. The molecule has 1 fully saturated rings. The van der Waals surface area contributed by atoms with Crippen LogP contribution in [0.3, 0.4) is 0 Å². The summed E-state index contributed by atoms with van der Waals surface area (Å²) in [6.45, 7) is 3.49. The number of fused-ring (bicyclic) bond motifs is 2. The Kier molecular flexibility index (Phi) is 9.84. The van der Waals surface area contributed by atoms with E-state index in [1.807, 2.05) is 0 Å². The van der Waals surface area contributed by atoms with Crippen molar-refractivity contribution in [1.82, 2.24) is 4.98 Å². The molecule has 2 unspecified atom stereocenters. The van der Waals surface area contributed by atoms with Crippen molar-refractivity contribution in [2.75, 3.05) is 30.0 Å². The van der Waals surface area contributed by atoms with Gasteiger partial charge in [-0.05, 0) is 80.1 Å². The van der Waals surface area contributed by atoms with Gasteiger partial charge in [-0.3, -0.25) is 19.2 Å². The van der Waals surface area contributed by atoms with Crippen LogP contribution in [0.2, 0.25) is 0 Å². The second kappa shape index (κ2) is 14.1. The molecule has 0 saturated carbocycles. The largest absolute Gasteiger partial charge is 0.490 e. The van der Waals surface area contributed by atoms with Crippen molar-refractivity contribution in [2.24, 2.45) is 11.1 Å². The van der Waals surface area contributed by atoms with Crippen molar-refractivity contribution in [3.63, 3.8) is 0 Å². The Labute approximate surface area is 294 Å². The van der Waals surface area contributed by atoms with E-state index in [2.05, 4.69) is 10.3 Å². The number of H-pyrrole nitrogens is 1. The number of thioether (sulfide) groups is 1. The van der Waals surface area contributed by atoms with E-state index in [1.165, 1.54) is 48.5 Å². The number of hydrogen-bond acceptors (Lipinski definition) is 12. The second-order valence-corrected chi connectivity index (χ2v) is 14.8. The van der Waals surface area contributed by atoms with Crippen LogP contribution in [-0.4, -0.2) is 62.2 Å². The number of primary sulfonamides is 1.